The van der Waals surface area contributed by atoms with Gasteiger partial charge in [0.15, 0.2) is 0 Å². The molecule has 1 heterocycles. The minimum atomic E-state index is -0.146. The Bertz CT molecular complexity index is 1170. The number of benzene rings is 3. The number of rotatable bonds is 4. The molecular formula is C23H20N4O. The van der Waals surface area contributed by atoms with Gasteiger partial charge in [-0.2, -0.15) is 5.11 Å². The van der Waals surface area contributed by atoms with E-state index < -0.39 is 0 Å². The molecule has 1 amide bonds. The number of aryl methyl sites for hydroxylation is 2. The number of H-pyrrole nitrogens is 1. The zero-order valence-electron chi connectivity index (χ0n) is 15.7. The third-order valence-electron chi connectivity index (χ3n) is 4.60. The molecule has 0 radical (unpaired) electrons. The molecule has 0 atom stereocenters. The van der Waals surface area contributed by atoms with Crippen molar-refractivity contribution in [3.63, 3.8) is 0 Å². The normalized spacial score (nSPS) is 11.2. The van der Waals surface area contributed by atoms with Crippen molar-refractivity contribution in [2.75, 3.05) is 5.32 Å². The van der Waals surface area contributed by atoms with Gasteiger partial charge >= 0.3 is 0 Å². The largest absolute Gasteiger partial charge is 0.359 e. The fourth-order valence-corrected chi connectivity index (χ4v) is 3.08. The van der Waals surface area contributed by atoms with Crippen molar-refractivity contribution in [1.29, 1.82) is 0 Å². The third-order valence-corrected chi connectivity index (χ3v) is 4.60. The Hall–Kier alpha value is -3.73. The molecule has 0 bridgehead atoms. The standard InChI is InChI=1S/C23H20N4O/c1-15-7-12-20(16(2)13-15)25-23(28)17-8-10-18(11-9-17)26-27-22-14-24-21-6-4-3-5-19(21)22/h3-14,24H,1-2H3,(H,25,28). The molecule has 0 aliphatic heterocycles. The Labute approximate surface area is 163 Å². The van der Waals surface area contributed by atoms with Crippen LogP contribution in [0.1, 0.15) is 21.5 Å². The highest BCUT2D eigenvalue weighted by Crippen LogP contribution is 2.27. The minimum absolute atomic E-state index is 0.146. The molecule has 0 fully saturated rings. The fourth-order valence-electron chi connectivity index (χ4n) is 3.08. The smallest absolute Gasteiger partial charge is 0.255 e. The Morgan fingerprint density at radius 1 is 0.929 bits per heavy atom. The van der Waals surface area contributed by atoms with Gasteiger partial charge in [-0.1, -0.05) is 35.9 Å². The van der Waals surface area contributed by atoms with Gasteiger partial charge in [0.05, 0.1) is 5.69 Å². The zero-order valence-corrected chi connectivity index (χ0v) is 15.7. The predicted molar refractivity (Wildman–Crippen MR) is 113 cm³/mol. The van der Waals surface area contributed by atoms with E-state index in [1.54, 1.807) is 24.3 Å². The fraction of sp³-hybridized carbons (Fsp3) is 0.0870. The van der Waals surface area contributed by atoms with Gasteiger partial charge in [0.25, 0.3) is 5.91 Å². The number of hydrogen-bond acceptors (Lipinski definition) is 3. The quantitative estimate of drug-likeness (QED) is 0.399. The second-order valence-corrected chi connectivity index (χ2v) is 6.74. The van der Waals surface area contributed by atoms with Crippen LogP contribution < -0.4 is 5.32 Å². The molecule has 2 N–H and O–H groups in total. The lowest BCUT2D eigenvalue weighted by Crippen LogP contribution is -2.12. The van der Waals surface area contributed by atoms with Crippen LogP contribution in [0.15, 0.2) is 83.2 Å². The molecule has 4 aromatic rings. The van der Waals surface area contributed by atoms with Gasteiger partial charge in [-0.25, -0.2) is 0 Å². The van der Waals surface area contributed by atoms with Crippen LogP contribution in [-0.2, 0) is 0 Å². The molecule has 0 aliphatic carbocycles. The number of carbonyl (C=O) groups excluding carboxylic acids is 1. The van der Waals surface area contributed by atoms with E-state index in [1.807, 2.05) is 62.5 Å². The lowest BCUT2D eigenvalue weighted by atomic mass is 10.1. The molecule has 0 spiro atoms. The Morgan fingerprint density at radius 3 is 2.50 bits per heavy atom. The summed E-state index contributed by atoms with van der Waals surface area (Å²) in [6.07, 6.45) is 1.83. The van der Waals surface area contributed by atoms with Crippen LogP contribution in [-0.4, -0.2) is 10.9 Å². The van der Waals surface area contributed by atoms with E-state index in [2.05, 4.69) is 20.5 Å². The number of aromatic amines is 1. The molecule has 0 saturated heterocycles. The van der Waals surface area contributed by atoms with Crippen molar-refractivity contribution < 1.29 is 4.79 Å². The number of fused-ring (bicyclic) bond motifs is 1. The summed E-state index contributed by atoms with van der Waals surface area (Å²) in [6, 6.07) is 21.0. The maximum atomic E-state index is 12.5. The van der Waals surface area contributed by atoms with Crippen LogP contribution in [0.4, 0.5) is 17.1 Å². The molecule has 5 nitrogen and oxygen atoms in total. The van der Waals surface area contributed by atoms with Crippen LogP contribution in [0, 0.1) is 13.8 Å². The summed E-state index contributed by atoms with van der Waals surface area (Å²) in [6.45, 7) is 4.01. The van der Waals surface area contributed by atoms with Crippen molar-refractivity contribution in [3.8, 4) is 0 Å². The van der Waals surface area contributed by atoms with Gasteiger partial charge in [-0.15, -0.1) is 5.11 Å². The number of para-hydroxylation sites is 1. The first-order valence-corrected chi connectivity index (χ1v) is 9.07. The van der Waals surface area contributed by atoms with E-state index in [4.69, 9.17) is 0 Å². The van der Waals surface area contributed by atoms with Gasteiger partial charge in [0, 0.05) is 28.4 Å². The average Bonchev–Trinajstić information content (AvgIpc) is 3.12. The summed E-state index contributed by atoms with van der Waals surface area (Å²) in [5.41, 5.74) is 6.10. The molecule has 0 unspecified atom stereocenters. The number of nitrogens with one attached hydrogen (secondary N) is 2. The molecule has 0 saturated carbocycles. The monoisotopic (exact) mass is 368 g/mol. The highest BCUT2D eigenvalue weighted by Gasteiger charge is 2.08. The van der Waals surface area contributed by atoms with Crippen molar-refractivity contribution in [1.82, 2.24) is 4.98 Å². The number of hydrogen-bond donors (Lipinski definition) is 2. The Morgan fingerprint density at radius 2 is 1.71 bits per heavy atom. The van der Waals surface area contributed by atoms with Crippen molar-refractivity contribution >= 4 is 33.9 Å². The molecule has 138 valence electrons. The second-order valence-electron chi connectivity index (χ2n) is 6.74. The highest BCUT2D eigenvalue weighted by atomic mass is 16.1. The Balaban J connectivity index is 1.48. The number of carbonyl (C=O) groups is 1. The SMILES string of the molecule is Cc1ccc(NC(=O)c2ccc(N=Nc3c[nH]c4ccccc34)cc2)c(C)c1. The lowest BCUT2D eigenvalue weighted by Gasteiger charge is -2.09. The first kappa shape index (κ1) is 17.7. The van der Waals surface area contributed by atoms with Crippen LogP contribution in [0.25, 0.3) is 10.9 Å². The van der Waals surface area contributed by atoms with Gasteiger partial charge in [-0.05, 0) is 55.8 Å². The van der Waals surface area contributed by atoms with Gasteiger partial charge < -0.3 is 10.3 Å². The molecular weight excluding hydrogens is 348 g/mol. The highest BCUT2D eigenvalue weighted by molar-refractivity contribution is 6.04. The van der Waals surface area contributed by atoms with Crippen LogP contribution in [0.2, 0.25) is 0 Å². The van der Waals surface area contributed by atoms with E-state index in [1.165, 1.54) is 5.56 Å². The maximum absolute atomic E-state index is 12.5. The van der Waals surface area contributed by atoms with Gasteiger partial charge in [0.1, 0.15) is 5.69 Å². The maximum Gasteiger partial charge on any atom is 0.255 e. The number of azo groups is 1. The third kappa shape index (κ3) is 3.69. The van der Waals surface area contributed by atoms with Gasteiger partial charge in [0.2, 0.25) is 0 Å². The first-order valence-electron chi connectivity index (χ1n) is 9.07. The molecule has 5 heteroatoms. The number of amides is 1. The van der Waals surface area contributed by atoms with Crippen LogP contribution >= 0.6 is 0 Å². The number of aromatic nitrogens is 1. The van der Waals surface area contributed by atoms with Crippen LogP contribution in [0.5, 0.6) is 0 Å². The topological polar surface area (TPSA) is 69.6 Å². The minimum Gasteiger partial charge on any atom is -0.359 e. The van der Waals surface area contributed by atoms with Crippen molar-refractivity contribution in [2.45, 2.75) is 13.8 Å². The Kier molecular flexibility index (Phi) is 4.72. The molecule has 0 aliphatic rings. The van der Waals surface area contributed by atoms with E-state index >= 15 is 0 Å². The summed E-state index contributed by atoms with van der Waals surface area (Å²) < 4.78 is 0. The van der Waals surface area contributed by atoms with E-state index in [-0.39, 0.29) is 5.91 Å². The predicted octanol–water partition coefficient (Wildman–Crippen LogP) is 6.45. The van der Waals surface area contributed by atoms with E-state index in [0.29, 0.717) is 11.3 Å². The summed E-state index contributed by atoms with van der Waals surface area (Å²) in [5.74, 6) is -0.146. The number of nitrogens with zero attached hydrogens (tertiary/aromatic N) is 2. The summed E-state index contributed by atoms with van der Waals surface area (Å²) in [5, 5.41) is 12.6. The summed E-state index contributed by atoms with van der Waals surface area (Å²) >= 11 is 0. The number of anilines is 1. The average molecular weight is 368 g/mol. The zero-order chi connectivity index (χ0) is 19.5. The molecule has 4 rings (SSSR count). The van der Waals surface area contributed by atoms with E-state index in [9.17, 15) is 4.79 Å². The molecule has 1 aromatic heterocycles. The van der Waals surface area contributed by atoms with E-state index in [0.717, 1.165) is 27.8 Å². The van der Waals surface area contributed by atoms with Crippen molar-refractivity contribution in [2.24, 2.45) is 10.2 Å². The van der Waals surface area contributed by atoms with Crippen molar-refractivity contribution in [3.05, 3.63) is 89.6 Å². The second kappa shape index (κ2) is 7.48. The first-order chi connectivity index (χ1) is 13.6. The lowest BCUT2D eigenvalue weighted by molar-refractivity contribution is 0.102. The summed E-state index contributed by atoms with van der Waals surface area (Å²) in [4.78, 5) is 15.7. The van der Waals surface area contributed by atoms with Crippen LogP contribution in [0.3, 0.4) is 0 Å². The molecule has 3 aromatic carbocycles. The van der Waals surface area contributed by atoms with Gasteiger partial charge in [-0.3, -0.25) is 4.79 Å². The summed E-state index contributed by atoms with van der Waals surface area (Å²) in [7, 11) is 0. The molecule has 28 heavy (non-hydrogen) atoms.